The molecular weight excluding hydrogens is 348 g/mol. The molecule has 1 heterocycles. The van der Waals surface area contributed by atoms with E-state index < -0.39 is 0 Å². The number of halogens is 1. The second-order valence-corrected chi connectivity index (χ2v) is 6.47. The molecule has 1 aliphatic heterocycles. The van der Waals surface area contributed by atoms with Crippen molar-refractivity contribution in [1.82, 2.24) is 10.2 Å². The van der Waals surface area contributed by atoms with E-state index in [9.17, 15) is 9.59 Å². The molecule has 1 aliphatic rings. The van der Waals surface area contributed by atoms with Gasteiger partial charge in [0, 0.05) is 29.5 Å². The van der Waals surface area contributed by atoms with Crippen molar-refractivity contribution in [2.75, 3.05) is 19.7 Å². The van der Waals surface area contributed by atoms with Crippen molar-refractivity contribution in [1.29, 1.82) is 0 Å². The van der Waals surface area contributed by atoms with E-state index in [1.165, 1.54) is 0 Å². The van der Waals surface area contributed by atoms with E-state index in [1.54, 1.807) is 12.1 Å². The van der Waals surface area contributed by atoms with Crippen LogP contribution in [0.15, 0.2) is 28.7 Å². The van der Waals surface area contributed by atoms with E-state index in [0.29, 0.717) is 31.7 Å². The monoisotopic (exact) mass is 368 g/mol. The Kier molecular flexibility index (Phi) is 5.97. The third-order valence-corrected chi connectivity index (χ3v) is 4.19. The number of benzene rings is 1. The Labute approximate surface area is 139 Å². The lowest BCUT2D eigenvalue weighted by Crippen LogP contribution is -2.50. The molecule has 0 radical (unpaired) electrons. The molecule has 0 spiro atoms. The van der Waals surface area contributed by atoms with Crippen LogP contribution in [0.25, 0.3) is 0 Å². The molecule has 2 unspecified atom stereocenters. The second-order valence-electron chi connectivity index (χ2n) is 5.55. The lowest BCUT2D eigenvalue weighted by molar-refractivity contribution is -0.143. The van der Waals surface area contributed by atoms with Crippen molar-refractivity contribution >= 4 is 27.7 Å². The zero-order valence-electron chi connectivity index (χ0n) is 12.8. The summed E-state index contributed by atoms with van der Waals surface area (Å²) >= 11 is 3.33. The van der Waals surface area contributed by atoms with Gasteiger partial charge >= 0.3 is 0 Å². The van der Waals surface area contributed by atoms with Crippen LogP contribution >= 0.6 is 15.9 Å². The van der Waals surface area contributed by atoms with Gasteiger partial charge in [0.1, 0.15) is 0 Å². The molecule has 0 aliphatic carbocycles. The molecule has 1 N–H and O–H groups in total. The highest BCUT2D eigenvalue weighted by atomic mass is 79.9. The zero-order valence-corrected chi connectivity index (χ0v) is 14.4. The molecule has 1 aromatic carbocycles. The first kappa shape index (κ1) is 17.0. The summed E-state index contributed by atoms with van der Waals surface area (Å²) in [5.41, 5.74) is 0.587. The third kappa shape index (κ3) is 4.55. The number of nitrogens with one attached hydrogen (secondary N) is 1. The van der Waals surface area contributed by atoms with Gasteiger partial charge in [0.15, 0.2) is 0 Å². The lowest BCUT2D eigenvalue weighted by atomic mass is 10.2. The van der Waals surface area contributed by atoms with E-state index in [-0.39, 0.29) is 24.0 Å². The fourth-order valence-corrected chi connectivity index (χ4v) is 2.64. The summed E-state index contributed by atoms with van der Waals surface area (Å²) in [6, 6.07) is 7.21. The summed E-state index contributed by atoms with van der Waals surface area (Å²) in [6.45, 7) is 5.46. The maximum absolute atomic E-state index is 12.2. The summed E-state index contributed by atoms with van der Waals surface area (Å²) in [6.07, 6.45) is 0.372. The summed E-state index contributed by atoms with van der Waals surface area (Å²) in [4.78, 5) is 26.0. The van der Waals surface area contributed by atoms with E-state index in [0.717, 1.165) is 4.47 Å². The largest absolute Gasteiger partial charge is 0.375 e. The Hall–Kier alpha value is -1.40. The van der Waals surface area contributed by atoms with Gasteiger partial charge < -0.3 is 15.0 Å². The number of nitrogens with zero attached hydrogens (tertiary/aromatic N) is 1. The van der Waals surface area contributed by atoms with Crippen LogP contribution in [0.2, 0.25) is 0 Å². The van der Waals surface area contributed by atoms with E-state index >= 15 is 0 Å². The Balaban J connectivity index is 1.79. The first-order valence-corrected chi connectivity index (χ1v) is 8.21. The molecule has 0 bridgehead atoms. The highest BCUT2D eigenvalue weighted by Crippen LogP contribution is 2.13. The third-order valence-electron chi connectivity index (χ3n) is 3.66. The van der Waals surface area contributed by atoms with Gasteiger partial charge in [-0.3, -0.25) is 9.59 Å². The number of ether oxygens (including phenoxy) is 1. The van der Waals surface area contributed by atoms with Gasteiger partial charge in [0.2, 0.25) is 5.91 Å². The fourth-order valence-electron chi connectivity index (χ4n) is 2.38. The number of amides is 2. The number of rotatable bonds is 4. The Morgan fingerprint density at radius 1 is 1.32 bits per heavy atom. The maximum atomic E-state index is 12.2. The second kappa shape index (κ2) is 7.74. The molecule has 2 rings (SSSR count). The quantitative estimate of drug-likeness (QED) is 0.886. The summed E-state index contributed by atoms with van der Waals surface area (Å²) in [5, 5.41) is 2.78. The zero-order chi connectivity index (χ0) is 16.1. The minimum absolute atomic E-state index is 0.0544. The van der Waals surface area contributed by atoms with Crippen molar-refractivity contribution in [2.45, 2.75) is 32.4 Å². The van der Waals surface area contributed by atoms with E-state index in [2.05, 4.69) is 21.2 Å². The van der Waals surface area contributed by atoms with Crippen LogP contribution in [0, 0.1) is 0 Å². The smallest absolute Gasteiger partial charge is 0.251 e. The first-order chi connectivity index (χ1) is 10.5. The number of hydrogen-bond acceptors (Lipinski definition) is 3. The molecular formula is C16H21BrN2O3. The van der Waals surface area contributed by atoms with Crippen molar-refractivity contribution < 1.29 is 14.3 Å². The minimum atomic E-state index is -0.163. The average Bonchev–Trinajstić information content (AvgIpc) is 2.50. The average molecular weight is 369 g/mol. The van der Waals surface area contributed by atoms with E-state index in [4.69, 9.17) is 4.74 Å². The molecule has 2 atom stereocenters. The van der Waals surface area contributed by atoms with Gasteiger partial charge in [-0.15, -0.1) is 0 Å². The molecule has 1 fully saturated rings. The number of hydrogen-bond donors (Lipinski definition) is 1. The van der Waals surface area contributed by atoms with E-state index in [1.807, 2.05) is 30.9 Å². The van der Waals surface area contributed by atoms with Crippen molar-refractivity contribution in [2.24, 2.45) is 0 Å². The summed E-state index contributed by atoms with van der Waals surface area (Å²) in [7, 11) is 0. The van der Waals surface area contributed by atoms with Crippen LogP contribution < -0.4 is 5.32 Å². The van der Waals surface area contributed by atoms with Gasteiger partial charge in [-0.25, -0.2) is 0 Å². The topological polar surface area (TPSA) is 58.6 Å². The SMILES string of the molecule is CC1CN(C(=O)CCNC(=O)c2ccc(Br)cc2)C(C)CO1. The van der Waals surface area contributed by atoms with Crippen molar-refractivity contribution in [3.05, 3.63) is 34.3 Å². The predicted molar refractivity (Wildman–Crippen MR) is 87.7 cm³/mol. The Bertz CT molecular complexity index is 533. The normalized spacial score (nSPS) is 21.5. The molecule has 0 aromatic heterocycles. The Morgan fingerprint density at radius 2 is 2.00 bits per heavy atom. The lowest BCUT2D eigenvalue weighted by Gasteiger charge is -2.36. The minimum Gasteiger partial charge on any atom is -0.375 e. The van der Waals surface area contributed by atoms with Gasteiger partial charge in [-0.05, 0) is 38.1 Å². The highest BCUT2D eigenvalue weighted by molar-refractivity contribution is 9.10. The van der Waals surface area contributed by atoms with Gasteiger partial charge in [-0.1, -0.05) is 15.9 Å². The molecule has 1 saturated heterocycles. The van der Waals surface area contributed by atoms with Crippen LogP contribution in [0.4, 0.5) is 0 Å². The number of carbonyl (C=O) groups is 2. The molecule has 120 valence electrons. The van der Waals surface area contributed by atoms with Crippen molar-refractivity contribution in [3.8, 4) is 0 Å². The summed E-state index contributed by atoms with van der Waals surface area (Å²) < 4.78 is 6.44. The summed E-state index contributed by atoms with van der Waals surface area (Å²) in [5.74, 6) is -0.109. The van der Waals surface area contributed by atoms with Crippen LogP contribution in [0.5, 0.6) is 0 Å². The molecule has 2 amide bonds. The number of morpholine rings is 1. The fraction of sp³-hybridized carbons (Fsp3) is 0.500. The van der Waals surface area contributed by atoms with Gasteiger partial charge in [-0.2, -0.15) is 0 Å². The van der Waals surface area contributed by atoms with Gasteiger partial charge in [0.25, 0.3) is 5.91 Å². The van der Waals surface area contributed by atoms with Crippen LogP contribution in [-0.2, 0) is 9.53 Å². The molecule has 6 heteroatoms. The molecule has 5 nitrogen and oxygen atoms in total. The molecule has 22 heavy (non-hydrogen) atoms. The van der Waals surface area contributed by atoms with Crippen LogP contribution in [0.1, 0.15) is 30.6 Å². The van der Waals surface area contributed by atoms with Gasteiger partial charge in [0.05, 0.1) is 18.8 Å². The van der Waals surface area contributed by atoms with Crippen molar-refractivity contribution in [3.63, 3.8) is 0 Å². The Morgan fingerprint density at radius 3 is 2.68 bits per heavy atom. The van der Waals surface area contributed by atoms with Crippen LogP contribution in [-0.4, -0.2) is 48.6 Å². The molecule has 0 saturated carbocycles. The maximum Gasteiger partial charge on any atom is 0.251 e. The standard InChI is InChI=1S/C16H21BrN2O3/c1-11-10-22-12(2)9-19(11)15(20)7-8-18-16(21)13-3-5-14(17)6-4-13/h3-6,11-12H,7-10H2,1-2H3,(H,18,21). The predicted octanol–water partition coefficient (Wildman–Crippen LogP) is 2.20. The van der Waals surface area contributed by atoms with Crippen LogP contribution in [0.3, 0.4) is 0 Å². The number of carbonyl (C=O) groups excluding carboxylic acids is 2. The highest BCUT2D eigenvalue weighted by Gasteiger charge is 2.27. The molecule has 1 aromatic rings. The first-order valence-electron chi connectivity index (χ1n) is 7.42.